The number of hydrogen-bond donors (Lipinski definition) is 1. The predicted molar refractivity (Wildman–Crippen MR) is 157 cm³/mol. The van der Waals surface area contributed by atoms with Gasteiger partial charge in [-0.2, -0.15) is 0 Å². The van der Waals surface area contributed by atoms with Crippen molar-refractivity contribution in [2.45, 2.75) is 39.8 Å². The van der Waals surface area contributed by atoms with Crippen LogP contribution in [0.2, 0.25) is 0 Å². The topological polar surface area (TPSA) is 109 Å². The van der Waals surface area contributed by atoms with E-state index in [1.165, 1.54) is 30.1 Å². The van der Waals surface area contributed by atoms with Gasteiger partial charge in [-0.15, -0.1) is 0 Å². The van der Waals surface area contributed by atoms with Crippen molar-refractivity contribution in [3.05, 3.63) is 76.0 Å². The Labute approximate surface area is 243 Å². The molecule has 0 bridgehead atoms. The second-order valence-corrected chi connectivity index (χ2v) is 11.2. The van der Waals surface area contributed by atoms with Gasteiger partial charge in [0.25, 0.3) is 5.56 Å². The van der Waals surface area contributed by atoms with Crippen molar-refractivity contribution in [3.63, 3.8) is 0 Å². The monoisotopic (exact) mass is 664 g/mol. The van der Waals surface area contributed by atoms with Crippen LogP contribution in [0.3, 0.4) is 0 Å². The summed E-state index contributed by atoms with van der Waals surface area (Å²) in [7, 11) is 3.00. The number of phenolic OH excluding ortho intramolecular Hbond substituents is 1. The summed E-state index contributed by atoms with van der Waals surface area (Å²) in [5.74, 6) is 0.686. The zero-order valence-corrected chi connectivity index (χ0v) is 25.4. The van der Waals surface area contributed by atoms with Crippen molar-refractivity contribution in [2.75, 3.05) is 20.8 Å². The van der Waals surface area contributed by atoms with Crippen LogP contribution in [0.4, 0.5) is 0 Å². The molecule has 1 aromatic heterocycles. The van der Waals surface area contributed by atoms with Crippen molar-refractivity contribution in [1.82, 2.24) is 4.57 Å². The minimum atomic E-state index is -0.816. The Kier molecular flexibility index (Phi) is 8.70. The first-order valence-electron chi connectivity index (χ1n) is 12.2. The van der Waals surface area contributed by atoms with Gasteiger partial charge >= 0.3 is 5.97 Å². The van der Waals surface area contributed by atoms with Crippen LogP contribution >= 0.6 is 33.9 Å². The molecule has 0 saturated heterocycles. The van der Waals surface area contributed by atoms with E-state index in [-0.39, 0.29) is 29.6 Å². The van der Waals surface area contributed by atoms with E-state index in [0.29, 0.717) is 43.4 Å². The Morgan fingerprint density at radius 3 is 2.54 bits per heavy atom. The van der Waals surface area contributed by atoms with Gasteiger partial charge in [-0.05, 0) is 86.2 Å². The minimum Gasteiger partial charge on any atom is -0.504 e. The number of phenols is 1. The summed E-state index contributed by atoms with van der Waals surface area (Å²) < 4.78 is 24.7. The van der Waals surface area contributed by atoms with E-state index in [1.54, 1.807) is 50.3 Å². The van der Waals surface area contributed by atoms with Gasteiger partial charge in [0.1, 0.15) is 0 Å². The third kappa shape index (κ3) is 5.69. The number of allylic oxidation sites excluding steroid dienone is 1. The van der Waals surface area contributed by atoms with Crippen LogP contribution in [0.1, 0.15) is 44.9 Å². The second kappa shape index (κ2) is 11.8. The molecule has 9 nitrogen and oxygen atoms in total. The van der Waals surface area contributed by atoms with Crippen LogP contribution < -0.4 is 29.1 Å². The number of methoxy groups -OCH3 is 2. The molecule has 4 rings (SSSR count). The van der Waals surface area contributed by atoms with E-state index in [4.69, 9.17) is 18.9 Å². The summed E-state index contributed by atoms with van der Waals surface area (Å²) in [5.41, 5.74) is 1.41. The summed E-state index contributed by atoms with van der Waals surface area (Å²) in [4.78, 5) is 32.1. The Balaban J connectivity index is 1.97. The molecule has 0 amide bonds. The molecule has 2 heterocycles. The van der Waals surface area contributed by atoms with Crippen molar-refractivity contribution >= 4 is 46.0 Å². The fourth-order valence-corrected chi connectivity index (χ4v) is 5.97. The number of hydrogen-bond acceptors (Lipinski definition) is 9. The number of thiazole rings is 1. The zero-order chi connectivity index (χ0) is 28.4. The highest BCUT2D eigenvalue weighted by Gasteiger charge is 2.34. The standard InChI is InChI=1S/C28H29IN2O7S/c1-7-37-27(34)23-15(4)30-28-31(24(23)16-8-9-19(38-14(2)3)20(11-16)35-5)26(33)22(39-28)12-17-10-18(29)13-21(36-6)25(17)32/h8-14,24,32H,7H2,1-6H3/b22-12+/t24-/m0/s1. The number of carbonyl (C=O) groups is 1. The number of aromatic nitrogens is 1. The lowest BCUT2D eigenvalue weighted by molar-refractivity contribution is -0.139. The van der Waals surface area contributed by atoms with Gasteiger partial charge in [-0.25, -0.2) is 9.79 Å². The molecule has 0 aliphatic carbocycles. The van der Waals surface area contributed by atoms with Crippen LogP contribution in [0.5, 0.6) is 23.0 Å². The maximum atomic E-state index is 13.9. The van der Waals surface area contributed by atoms with E-state index in [1.807, 2.05) is 13.8 Å². The van der Waals surface area contributed by atoms with Crippen LogP contribution in [0.25, 0.3) is 6.08 Å². The molecule has 11 heteroatoms. The van der Waals surface area contributed by atoms with E-state index in [2.05, 4.69) is 27.6 Å². The third-order valence-corrected chi connectivity index (χ3v) is 7.56. The van der Waals surface area contributed by atoms with Gasteiger partial charge in [0, 0.05) is 9.13 Å². The molecule has 206 valence electrons. The highest BCUT2D eigenvalue weighted by molar-refractivity contribution is 14.1. The zero-order valence-electron chi connectivity index (χ0n) is 22.4. The van der Waals surface area contributed by atoms with E-state index >= 15 is 0 Å². The molecule has 0 fully saturated rings. The van der Waals surface area contributed by atoms with Gasteiger partial charge in [0.15, 0.2) is 27.8 Å². The highest BCUT2D eigenvalue weighted by Crippen LogP contribution is 2.37. The Bertz CT molecular complexity index is 1640. The number of aromatic hydroxyl groups is 1. The first kappa shape index (κ1) is 28.7. The SMILES string of the molecule is CCOC(=O)C1=C(C)N=c2s/c(=C/c3cc(I)cc(OC)c3O)c(=O)n2[C@H]1c1ccc(OC(C)C)c(OC)c1. The maximum Gasteiger partial charge on any atom is 0.338 e. The molecule has 3 aromatic rings. The molecule has 1 N–H and O–H groups in total. The smallest absolute Gasteiger partial charge is 0.338 e. The average Bonchev–Trinajstić information content (AvgIpc) is 3.19. The van der Waals surface area contributed by atoms with E-state index in [0.717, 1.165) is 3.57 Å². The fraction of sp³-hybridized carbons (Fsp3) is 0.321. The molecule has 1 atom stereocenters. The molecule has 1 aliphatic rings. The van der Waals surface area contributed by atoms with Gasteiger partial charge in [-0.1, -0.05) is 17.4 Å². The number of carbonyl (C=O) groups excluding carboxylic acids is 1. The minimum absolute atomic E-state index is 0.0734. The van der Waals surface area contributed by atoms with Crippen molar-refractivity contribution in [3.8, 4) is 23.0 Å². The Hall–Kier alpha value is -3.32. The normalized spacial score (nSPS) is 15.2. The second-order valence-electron chi connectivity index (χ2n) is 8.93. The quantitative estimate of drug-likeness (QED) is 0.288. The highest BCUT2D eigenvalue weighted by atomic mass is 127. The lowest BCUT2D eigenvalue weighted by Gasteiger charge is -2.25. The van der Waals surface area contributed by atoms with Gasteiger partial charge in [0.2, 0.25) is 0 Å². The first-order valence-corrected chi connectivity index (χ1v) is 14.1. The lowest BCUT2D eigenvalue weighted by atomic mass is 9.95. The molecule has 0 unspecified atom stereocenters. The molecule has 0 radical (unpaired) electrons. The predicted octanol–water partition coefficient (Wildman–Crippen LogP) is 3.91. The van der Waals surface area contributed by atoms with Crippen molar-refractivity contribution in [2.24, 2.45) is 4.99 Å². The number of esters is 1. The number of ether oxygens (including phenoxy) is 4. The summed E-state index contributed by atoms with van der Waals surface area (Å²) in [5, 5.41) is 10.7. The number of halogens is 1. The van der Waals surface area contributed by atoms with Crippen LogP contribution in [0.15, 0.2) is 51.4 Å². The number of benzene rings is 2. The van der Waals surface area contributed by atoms with Gasteiger partial charge < -0.3 is 24.1 Å². The maximum absolute atomic E-state index is 13.9. The largest absolute Gasteiger partial charge is 0.504 e. The lowest BCUT2D eigenvalue weighted by Crippen LogP contribution is -2.40. The van der Waals surface area contributed by atoms with Crippen LogP contribution in [0, 0.1) is 3.57 Å². The summed E-state index contributed by atoms with van der Waals surface area (Å²) in [6, 6.07) is 7.96. The molecule has 1 aliphatic heterocycles. The summed E-state index contributed by atoms with van der Waals surface area (Å²) in [6.07, 6.45) is 1.53. The molecule has 0 saturated carbocycles. The van der Waals surface area contributed by atoms with Gasteiger partial charge in [0.05, 0.1) is 48.8 Å². The summed E-state index contributed by atoms with van der Waals surface area (Å²) >= 11 is 3.28. The molecule has 2 aromatic carbocycles. The Morgan fingerprint density at radius 2 is 1.90 bits per heavy atom. The van der Waals surface area contributed by atoms with Crippen LogP contribution in [-0.2, 0) is 9.53 Å². The van der Waals surface area contributed by atoms with E-state index in [9.17, 15) is 14.7 Å². The molecule has 39 heavy (non-hydrogen) atoms. The molecule has 0 spiro atoms. The van der Waals surface area contributed by atoms with Crippen molar-refractivity contribution in [1.29, 1.82) is 0 Å². The van der Waals surface area contributed by atoms with E-state index < -0.39 is 12.0 Å². The fourth-order valence-electron chi connectivity index (χ4n) is 4.31. The average molecular weight is 665 g/mol. The summed E-state index contributed by atoms with van der Waals surface area (Å²) in [6.45, 7) is 7.45. The molecular formula is C28H29IN2O7S. The Morgan fingerprint density at radius 1 is 1.18 bits per heavy atom. The van der Waals surface area contributed by atoms with Crippen LogP contribution in [-0.4, -0.2) is 42.6 Å². The van der Waals surface area contributed by atoms with Gasteiger partial charge in [-0.3, -0.25) is 9.36 Å². The van der Waals surface area contributed by atoms with Crippen molar-refractivity contribution < 1.29 is 28.8 Å². The molecular weight excluding hydrogens is 635 g/mol. The number of nitrogens with zero attached hydrogens (tertiary/aromatic N) is 2. The number of fused-ring (bicyclic) bond motifs is 1. The third-order valence-electron chi connectivity index (χ3n) is 5.96. The number of rotatable bonds is 8. The first-order chi connectivity index (χ1) is 18.6.